The summed E-state index contributed by atoms with van der Waals surface area (Å²) in [5.41, 5.74) is 4.41. The number of benzene rings is 2. The van der Waals surface area contributed by atoms with Crippen LogP contribution < -0.4 is 0 Å². The number of carboxylic acids is 1. The van der Waals surface area contributed by atoms with Gasteiger partial charge in [0.2, 0.25) is 11.8 Å². The van der Waals surface area contributed by atoms with Crippen LogP contribution in [-0.4, -0.2) is 112 Å². The molecule has 47 heavy (non-hydrogen) atoms. The lowest BCUT2D eigenvalue weighted by atomic mass is 9.93. The van der Waals surface area contributed by atoms with E-state index in [1.54, 1.807) is 19.1 Å². The zero-order valence-corrected chi connectivity index (χ0v) is 27.0. The Morgan fingerprint density at radius 3 is 1.85 bits per heavy atom. The Hall–Kier alpha value is -4.57. The lowest BCUT2D eigenvalue weighted by Crippen LogP contribution is -2.55. The second-order valence-corrected chi connectivity index (χ2v) is 12.9. The molecule has 0 unspecified atom stereocenters. The zero-order chi connectivity index (χ0) is 32.9. The Labute approximate surface area is 276 Å². The molecule has 0 spiro atoms. The quantitative estimate of drug-likeness (QED) is 0.416. The molecule has 6 rings (SSSR count). The first-order valence-corrected chi connectivity index (χ1v) is 16.7. The second-order valence-electron chi connectivity index (χ2n) is 12.9. The molecule has 0 bridgehead atoms. The average molecular weight is 638 g/mol. The van der Waals surface area contributed by atoms with E-state index < -0.39 is 5.97 Å². The number of piperazine rings is 1. The summed E-state index contributed by atoms with van der Waals surface area (Å²) in [6, 6.07) is 21.2. The van der Waals surface area contributed by atoms with Crippen molar-refractivity contribution in [3.8, 4) is 22.5 Å². The van der Waals surface area contributed by atoms with E-state index in [0.717, 1.165) is 63.0 Å². The molecule has 0 aliphatic carbocycles. The van der Waals surface area contributed by atoms with Crippen LogP contribution in [0.25, 0.3) is 22.5 Å². The molecule has 0 atom stereocenters. The van der Waals surface area contributed by atoms with Gasteiger partial charge in [-0.05, 0) is 43.4 Å². The van der Waals surface area contributed by atoms with Crippen LogP contribution in [0.15, 0.2) is 66.7 Å². The van der Waals surface area contributed by atoms with Crippen molar-refractivity contribution in [2.45, 2.75) is 45.1 Å². The minimum absolute atomic E-state index is 0.0177. The van der Waals surface area contributed by atoms with Gasteiger partial charge in [-0.1, -0.05) is 54.6 Å². The fourth-order valence-electron chi connectivity index (χ4n) is 7.15. The fraction of sp³-hybridized carbons (Fsp3) is 0.432. The van der Waals surface area contributed by atoms with Crippen LogP contribution in [-0.2, 0) is 20.8 Å². The average Bonchev–Trinajstić information content (AvgIpc) is 3.11. The van der Waals surface area contributed by atoms with E-state index in [2.05, 4.69) is 4.90 Å². The SMILES string of the molecule is CC(=O)N1CCC(C(=O)N2CCC(N3CCN(C(=O)c4cc(-c5ccccc5)nc(-c5ccc(CC(=O)O)cc5)c4)CC3)CC2)CC1. The van der Waals surface area contributed by atoms with Gasteiger partial charge in [-0.15, -0.1) is 0 Å². The zero-order valence-electron chi connectivity index (χ0n) is 27.0. The van der Waals surface area contributed by atoms with Gasteiger partial charge in [0.15, 0.2) is 0 Å². The number of likely N-dealkylation sites (tertiary alicyclic amines) is 2. The Bertz CT molecular complexity index is 1590. The first-order valence-electron chi connectivity index (χ1n) is 16.7. The Balaban J connectivity index is 1.07. The minimum Gasteiger partial charge on any atom is -0.481 e. The number of rotatable bonds is 7. The normalized spacial score (nSPS) is 18.3. The molecule has 10 heteroatoms. The van der Waals surface area contributed by atoms with Crippen LogP contribution in [0.5, 0.6) is 0 Å². The summed E-state index contributed by atoms with van der Waals surface area (Å²) < 4.78 is 0. The van der Waals surface area contributed by atoms with E-state index in [4.69, 9.17) is 10.1 Å². The van der Waals surface area contributed by atoms with Crippen molar-refractivity contribution in [3.63, 3.8) is 0 Å². The molecule has 246 valence electrons. The summed E-state index contributed by atoms with van der Waals surface area (Å²) in [6.07, 6.45) is 3.32. The first kappa shape index (κ1) is 32.4. The van der Waals surface area contributed by atoms with Gasteiger partial charge >= 0.3 is 5.97 Å². The largest absolute Gasteiger partial charge is 0.481 e. The van der Waals surface area contributed by atoms with Gasteiger partial charge in [0.25, 0.3) is 5.91 Å². The van der Waals surface area contributed by atoms with Gasteiger partial charge in [0, 0.05) is 87.9 Å². The van der Waals surface area contributed by atoms with E-state index in [0.29, 0.717) is 54.7 Å². The maximum atomic E-state index is 13.9. The van der Waals surface area contributed by atoms with Crippen LogP contribution in [0.2, 0.25) is 0 Å². The third-order valence-electron chi connectivity index (χ3n) is 9.93. The number of hydrogen-bond acceptors (Lipinski definition) is 6. The number of aromatic nitrogens is 1. The monoisotopic (exact) mass is 637 g/mol. The lowest BCUT2D eigenvalue weighted by molar-refractivity contribution is -0.141. The van der Waals surface area contributed by atoms with Gasteiger partial charge in [-0.2, -0.15) is 0 Å². The van der Waals surface area contributed by atoms with Crippen molar-refractivity contribution in [1.82, 2.24) is 24.6 Å². The van der Waals surface area contributed by atoms with Crippen molar-refractivity contribution < 1.29 is 24.3 Å². The van der Waals surface area contributed by atoms with E-state index in [9.17, 15) is 19.2 Å². The number of pyridine rings is 1. The maximum Gasteiger partial charge on any atom is 0.307 e. The number of carbonyl (C=O) groups excluding carboxylic acids is 3. The highest BCUT2D eigenvalue weighted by atomic mass is 16.4. The predicted molar refractivity (Wildman–Crippen MR) is 179 cm³/mol. The molecule has 3 amide bonds. The highest BCUT2D eigenvalue weighted by Gasteiger charge is 2.34. The molecule has 1 aromatic heterocycles. The van der Waals surface area contributed by atoms with E-state index in [1.165, 1.54) is 0 Å². The van der Waals surface area contributed by atoms with E-state index >= 15 is 0 Å². The fourth-order valence-corrected chi connectivity index (χ4v) is 7.15. The van der Waals surface area contributed by atoms with Crippen LogP contribution in [0.4, 0.5) is 0 Å². The third-order valence-corrected chi connectivity index (χ3v) is 9.93. The topological polar surface area (TPSA) is 114 Å². The summed E-state index contributed by atoms with van der Waals surface area (Å²) >= 11 is 0. The molecule has 3 aliphatic rings. The number of carbonyl (C=O) groups is 4. The lowest BCUT2D eigenvalue weighted by Gasteiger charge is -2.43. The van der Waals surface area contributed by atoms with Gasteiger partial charge < -0.3 is 19.8 Å². The van der Waals surface area contributed by atoms with Crippen LogP contribution in [0.3, 0.4) is 0 Å². The number of piperidine rings is 2. The molecule has 3 aliphatic heterocycles. The van der Waals surface area contributed by atoms with E-state index in [-0.39, 0.29) is 30.1 Å². The van der Waals surface area contributed by atoms with Crippen LogP contribution >= 0.6 is 0 Å². The molecular weight excluding hydrogens is 594 g/mol. The van der Waals surface area contributed by atoms with Crippen LogP contribution in [0.1, 0.15) is 48.5 Å². The predicted octanol–water partition coefficient (Wildman–Crippen LogP) is 4.05. The minimum atomic E-state index is -0.880. The summed E-state index contributed by atoms with van der Waals surface area (Å²) in [5, 5.41) is 9.14. The molecule has 10 nitrogen and oxygen atoms in total. The smallest absolute Gasteiger partial charge is 0.307 e. The van der Waals surface area contributed by atoms with Crippen molar-refractivity contribution >= 4 is 23.7 Å². The molecule has 2 aromatic carbocycles. The summed E-state index contributed by atoms with van der Waals surface area (Å²) in [5.74, 6) is -0.560. The van der Waals surface area contributed by atoms with Gasteiger partial charge in [-0.3, -0.25) is 24.1 Å². The van der Waals surface area contributed by atoms with Crippen molar-refractivity contribution in [3.05, 3.63) is 77.9 Å². The maximum absolute atomic E-state index is 13.9. The van der Waals surface area contributed by atoms with Crippen molar-refractivity contribution in [2.75, 3.05) is 52.4 Å². The van der Waals surface area contributed by atoms with E-state index in [1.807, 2.05) is 69.3 Å². The number of aliphatic carboxylic acids is 1. The summed E-state index contributed by atoms with van der Waals surface area (Å²) in [4.78, 5) is 63.0. The van der Waals surface area contributed by atoms with Gasteiger partial charge in [0.1, 0.15) is 0 Å². The van der Waals surface area contributed by atoms with Crippen LogP contribution in [0, 0.1) is 5.92 Å². The second kappa shape index (κ2) is 14.5. The number of hydrogen-bond donors (Lipinski definition) is 1. The Kier molecular flexibility index (Phi) is 9.96. The van der Waals surface area contributed by atoms with Crippen molar-refractivity contribution in [1.29, 1.82) is 0 Å². The third kappa shape index (κ3) is 7.71. The number of amides is 3. The molecule has 3 aromatic rings. The van der Waals surface area contributed by atoms with Gasteiger partial charge in [0.05, 0.1) is 17.8 Å². The molecule has 3 saturated heterocycles. The summed E-state index contributed by atoms with van der Waals surface area (Å²) in [7, 11) is 0. The molecule has 0 radical (unpaired) electrons. The van der Waals surface area contributed by atoms with Crippen molar-refractivity contribution in [2.24, 2.45) is 5.92 Å². The first-order chi connectivity index (χ1) is 22.7. The molecule has 1 N–H and O–H groups in total. The number of carboxylic acid groups (broad SMARTS) is 1. The highest BCUT2D eigenvalue weighted by Crippen LogP contribution is 2.28. The Morgan fingerprint density at radius 1 is 0.702 bits per heavy atom. The van der Waals surface area contributed by atoms with Gasteiger partial charge in [-0.25, -0.2) is 4.98 Å². The Morgan fingerprint density at radius 2 is 1.28 bits per heavy atom. The highest BCUT2D eigenvalue weighted by molar-refractivity contribution is 5.96. The molecule has 0 saturated carbocycles. The summed E-state index contributed by atoms with van der Waals surface area (Å²) in [6.45, 7) is 7.30. The number of nitrogens with zero attached hydrogens (tertiary/aromatic N) is 5. The molecule has 3 fully saturated rings. The molecular formula is C37H43N5O5. The standard InChI is InChI=1S/C37H43N5O5/c1-26(43)39-15-11-30(12-16-39)36(46)41-17-13-32(14-18-41)40-19-21-42(22-20-40)37(47)31-24-33(28-5-3-2-4-6-28)38-34(25-31)29-9-7-27(8-10-29)23-35(44)45/h2-10,24-25,30,32H,11-23H2,1H3,(H,44,45). The molecule has 4 heterocycles.